The molecule has 0 radical (unpaired) electrons. The van der Waals surface area contributed by atoms with E-state index in [1.807, 2.05) is 36.4 Å². The number of carbonyl (C=O) groups is 1. The van der Waals surface area contributed by atoms with Gasteiger partial charge in [0.1, 0.15) is 5.70 Å². The summed E-state index contributed by atoms with van der Waals surface area (Å²) >= 11 is 5.31. The van der Waals surface area contributed by atoms with E-state index >= 15 is 0 Å². The maximum Gasteiger partial charge on any atom is 0.281 e. The van der Waals surface area contributed by atoms with Crippen molar-refractivity contribution in [2.75, 3.05) is 4.90 Å². The number of amides is 1. The molecular weight excluding hydrogens is 306 g/mol. The minimum Gasteiger partial charge on any atom is -0.327 e. The second-order valence-corrected chi connectivity index (χ2v) is 6.05. The van der Waals surface area contributed by atoms with E-state index in [9.17, 15) is 4.79 Å². The van der Waals surface area contributed by atoms with Crippen molar-refractivity contribution in [1.29, 1.82) is 0 Å². The zero-order valence-corrected chi connectivity index (χ0v) is 13.8. The first-order valence-electron chi connectivity index (χ1n) is 7.43. The molecule has 23 heavy (non-hydrogen) atoms. The van der Waals surface area contributed by atoms with E-state index in [1.165, 1.54) is 10.5 Å². The number of hydrogen-bond acceptors (Lipinski definition) is 3. The third kappa shape index (κ3) is 3.14. The van der Waals surface area contributed by atoms with E-state index in [-0.39, 0.29) is 5.91 Å². The average molecular weight is 323 g/mol. The summed E-state index contributed by atoms with van der Waals surface area (Å²) in [5, 5.41) is 3.37. The molecule has 1 N–H and O–H groups in total. The predicted molar refractivity (Wildman–Crippen MR) is 96.0 cm³/mol. The van der Waals surface area contributed by atoms with Crippen LogP contribution in [-0.4, -0.2) is 16.0 Å². The molecular formula is C18H17N3OS. The molecule has 116 valence electrons. The lowest BCUT2D eigenvalue weighted by molar-refractivity contribution is -0.113. The largest absolute Gasteiger partial charge is 0.327 e. The van der Waals surface area contributed by atoms with Crippen molar-refractivity contribution in [2.45, 2.75) is 19.8 Å². The molecule has 1 amide bonds. The number of anilines is 1. The fourth-order valence-corrected chi connectivity index (χ4v) is 2.70. The highest BCUT2D eigenvalue weighted by Gasteiger charge is 2.31. The Morgan fingerprint density at radius 3 is 2.57 bits per heavy atom. The molecule has 1 saturated heterocycles. The van der Waals surface area contributed by atoms with Crippen LogP contribution in [0, 0.1) is 0 Å². The minimum absolute atomic E-state index is 0.156. The first-order chi connectivity index (χ1) is 11.1. The van der Waals surface area contributed by atoms with Gasteiger partial charge in [-0.2, -0.15) is 0 Å². The van der Waals surface area contributed by atoms with Gasteiger partial charge >= 0.3 is 0 Å². The Balaban J connectivity index is 1.88. The molecule has 0 saturated carbocycles. The molecule has 1 aliphatic rings. The monoisotopic (exact) mass is 323 g/mol. The average Bonchev–Trinajstić information content (AvgIpc) is 2.82. The van der Waals surface area contributed by atoms with Gasteiger partial charge in [0.05, 0.1) is 5.69 Å². The Bertz CT molecular complexity index is 767. The molecule has 4 nitrogen and oxygen atoms in total. The topological polar surface area (TPSA) is 45.2 Å². The van der Waals surface area contributed by atoms with Crippen molar-refractivity contribution in [3.8, 4) is 0 Å². The fraction of sp³-hybridized carbons (Fsp3) is 0.167. The molecule has 0 spiro atoms. The van der Waals surface area contributed by atoms with Gasteiger partial charge < -0.3 is 5.32 Å². The van der Waals surface area contributed by atoms with Crippen molar-refractivity contribution in [3.63, 3.8) is 0 Å². The van der Waals surface area contributed by atoms with Crippen LogP contribution in [0.15, 0.2) is 54.5 Å². The second-order valence-electron chi connectivity index (χ2n) is 5.66. The zero-order chi connectivity index (χ0) is 16.4. The van der Waals surface area contributed by atoms with E-state index in [0.717, 1.165) is 11.3 Å². The molecule has 1 aliphatic heterocycles. The molecule has 5 heteroatoms. The standard InChI is InChI=1S/C18H17N3OS/c1-12(2)14-5-7-15(8-6-14)21-17(22)16(20-18(21)23)10-13-4-3-9-19-11-13/h3-12H,1-2H3,(H,20,23)/b16-10+. The third-order valence-corrected chi connectivity index (χ3v) is 3.98. The number of nitrogens with zero attached hydrogens (tertiary/aromatic N) is 2. The van der Waals surface area contributed by atoms with Crippen LogP contribution in [-0.2, 0) is 4.79 Å². The van der Waals surface area contributed by atoms with Crippen LogP contribution in [0.5, 0.6) is 0 Å². The molecule has 1 fully saturated rings. The molecule has 0 atom stereocenters. The van der Waals surface area contributed by atoms with Gasteiger partial charge in [0.25, 0.3) is 5.91 Å². The first-order valence-corrected chi connectivity index (χ1v) is 7.84. The van der Waals surface area contributed by atoms with Gasteiger partial charge in [0.2, 0.25) is 0 Å². The molecule has 1 aromatic carbocycles. The molecule has 1 aromatic heterocycles. The van der Waals surface area contributed by atoms with E-state index in [0.29, 0.717) is 16.7 Å². The Kier molecular flexibility index (Phi) is 4.21. The van der Waals surface area contributed by atoms with E-state index in [1.54, 1.807) is 18.5 Å². The third-order valence-electron chi connectivity index (χ3n) is 3.69. The number of pyridine rings is 1. The summed E-state index contributed by atoms with van der Waals surface area (Å²) in [6, 6.07) is 11.6. The molecule has 2 aromatic rings. The predicted octanol–water partition coefficient (Wildman–Crippen LogP) is 3.47. The molecule has 0 aliphatic carbocycles. The highest BCUT2D eigenvalue weighted by atomic mass is 32.1. The smallest absolute Gasteiger partial charge is 0.281 e. The van der Waals surface area contributed by atoms with Crippen molar-refractivity contribution < 1.29 is 4.79 Å². The van der Waals surface area contributed by atoms with Gasteiger partial charge in [-0.25, -0.2) is 0 Å². The zero-order valence-electron chi connectivity index (χ0n) is 13.0. The van der Waals surface area contributed by atoms with Gasteiger partial charge in [-0.15, -0.1) is 0 Å². The van der Waals surface area contributed by atoms with Crippen LogP contribution in [0.2, 0.25) is 0 Å². The van der Waals surface area contributed by atoms with Crippen LogP contribution in [0.25, 0.3) is 6.08 Å². The van der Waals surface area contributed by atoms with E-state index in [4.69, 9.17) is 12.2 Å². The lowest BCUT2D eigenvalue weighted by atomic mass is 10.0. The Morgan fingerprint density at radius 1 is 1.22 bits per heavy atom. The Morgan fingerprint density at radius 2 is 1.96 bits per heavy atom. The second kappa shape index (κ2) is 6.30. The van der Waals surface area contributed by atoms with Gasteiger partial charge in [-0.05, 0) is 53.5 Å². The number of thiocarbonyl (C=S) groups is 1. The SMILES string of the molecule is CC(C)c1ccc(N2C(=O)/C(=C\c3cccnc3)NC2=S)cc1. The van der Waals surface area contributed by atoms with Crippen LogP contribution in [0.3, 0.4) is 0 Å². The summed E-state index contributed by atoms with van der Waals surface area (Å²) in [6.45, 7) is 4.27. The molecule has 0 bridgehead atoms. The fourth-order valence-electron chi connectivity index (χ4n) is 2.41. The van der Waals surface area contributed by atoms with Gasteiger partial charge in [-0.3, -0.25) is 14.7 Å². The van der Waals surface area contributed by atoms with Crippen molar-refractivity contribution >= 4 is 35.0 Å². The summed E-state index contributed by atoms with van der Waals surface area (Å²) < 4.78 is 0. The minimum atomic E-state index is -0.156. The number of benzene rings is 1. The highest BCUT2D eigenvalue weighted by Crippen LogP contribution is 2.24. The van der Waals surface area contributed by atoms with E-state index < -0.39 is 0 Å². The maximum atomic E-state index is 12.6. The Hall–Kier alpha value is -2.53. The summed E-state index contributed by atoms with van der Waals surface area (Å²) in [5.74, 6) is 0.292. The van der Waals surface area contributed by atoms with Gasteiger partial charge in [-0.1, -0.05) is 32.0 Å². The molecule has 2 heterocycles. The lowest BCUT2D eigenvalue weighted by Gasteiger charge is -2.15. The summed E-state index contributed by atoms with van der Waals surface area (Å²) in [5.41, 5.74) is 3.30. The van der Waals surface area contributed by atoms with E-state index in [2.05, 4.69) is 24.1 Å². The van der Waals surface area contributed by atoms with Crippen molar-refractivity contribution in [3.05, 3.63) is 65.6 Å². The highest BCUT2D eigenvalue weighted by molar-refractivity contribution is 7.80. The number of nitrogens with one attached hydrogen (secondary N) is 1. The van der Waals surface area contributed by atoms with Crippen LogP contribution >= 0.6 is 12.2 Å². The summed E-state index contributed by atoms with van der Waals surface area (Å²) in [6.07, 6.45) is 5.15. The quantitative estimate of drug-likeness (QED) is 0.694. The molecule has 3 rings (SSSR count). The number of aromatic nitrogens is 1. The normalized spacial score (nSPS) is 16.3. The van der Waals surface area contributed by atoms with Crippen LogP contribution in [0.4, 0.5) is 5.69 Å². The van der Waals surface area contributed by atoms with Gasteiger partial charge in [0.15, 0.2) is 5.11 Å². The first kappa shape index (κ1) is 15.4. The van der Waals surface area contributed by atoms with Crippen molar-refractivity contribution in [1.82, 2.24) is 10.3 Å². The number of rotatable bonds is 3. The maximum absolute atomic E-state index is 12.6. The number of carbonyl (C=O) groups excluding carboxylic acids is 1. The number of hydrogen-bond donors (Lipinski definition) is 1. The van der Waals surface area contributed by atoms with Crippen LogP contribution < -0.4 is 10.2 Å². The Labute approximate surface area is 140 Å². The van der Waals surface area contributed by atoms with Gasteiger partial charge in [0, 0.05) is 12.4 Å². The lowest BCUT2D eigenvalue weighted by Crippen LogP contribution is -2.30. The summed E-state index contributed by atoms with van der Waals surface area (Å²) in [7, 11) is 0. The van der Waals surface area contributed by atoms with Crippen molar-refractivity contribution in [2.24, 2.45) is 0 Å². The summed E-state index contributed by atoms with van der Waals surface area (Å²) in [4.78, 5) is 18.2. The van der Waals surface area contributed by atoms with Crippen LogP contribution in [0.1, 0.15) is 30.9 Å². The molecule has 0 unspecified atom stereocenters.